The molecule has 0 radical (unpaired) electrons. The van der Waals surface area contributed by atoms with Gasteiger partial charge in [0.1, 0.15) is 5.75 Å². The number of benzene rings is 3. The van der Waals surface area contributed by atoms with Crippen LogP contribution in [0.25, 0.3) is 0 Å². The van der Waals surface area contributed by atoms with E-state index in [1.807, 2.05) is 30.3 Å². The number of carbonyl (C=O) groups is 3. The summed E-state index contributed by atoms with van der Waals surface area (Å²) in [4.78, 5) is 38.6. The normalized spacial score (nSPS) is 14.4. The maximum atomic E-state index is 13.7. The van der Waals surface area contributed by atoms with Crippen LogP contribution in [0.15, 0.2) is 101 Å². The van der Waals surface area contributed by atoms with Crippen molar-refractivity contribution >= 4 is 40.9 Å². The van der Waals surface area contributed by atoms with Crippen molar-refractivity contribution < 1.29 is 23.9 Å². The zero-order valence-electron chi connectivity index (χ0n) is 22.7. The molecule has 0 aliphatic carbocycles. The second kappa shape index (κ2) is 13.4. The third-order valence-corrected chi connectivity index (χ3v) is 7.35. The Morgan fingerprint density at radius 1 is 0.927 bits per heavy atom. The van der Waals surface area contributed by atoms with Crippen molar-refractivity contribution in [3.8, 4) is 11.8 Å². The van der Waals surface area contributed by atoms with E-state index >= 15 is 0 Å². The number of nitrogens with zero attached hydrogens (tertiary/aromatic N) is 1. The molecule has 1 atom stereocenters. The Morgan fingerprint density at radius 2 is 1.59 bits per heavy atom. The van der Waals surface area contributed by atoms with E-state index in [9.17, 15) is 19.6 Å². The van der Waals surface area contributed by atoms with Crippen LogP contribution in [0.3, 0.4) is 0 Å². The molecule has 1 aliphatic rings. The van der Waals surface area contributed by atoms with Crippen molar-refractivity contribution in [2.75, 3.05) is 30.6 Å². The highest BCUT2D eigenvalue weighted by Crippen LogP contribution is 2.41. The third kappa shape index (κ3) is 6.59. The molecule has 41 heavy (non-hydrogen) atoms. The number of rotatable bonds is 9. The number of thioether (sulfide) groups is 1. The second-order valence-corrected chi connectivity index (χ2v) is 9.88. The lowest BCUT2D eigenvalue weighted by Crippen LogP contribution is -2.31. The highest BCUT2D eigenvalue weighted by atomic mass is 32.2. The van der Waals surface area contributed by atoms with Gasteiger partial charge in [0, 0.05) is 11.3 Å². The zero-order valence-corrected chi connectivity index (χ0v) is 23.5. The molecule has 1 aliphatic heterocycles. The van der Waals surface area contributed by atoms with Gasteiger partial charge >= 0.3 is 5.97 Å². The number of amides is 2. The van der Waals surface area contributed by atoms with Crippen molar-refractivity contribution in [3.63, 3.8) is 0 Å². The first kappa shape index (κ1) is 29.0. The topological polar surface area (TPSA) is 130 Å². The van der Waals surface area contributed by atoms with Crippen LogP contribution in [0.2, 0.25) is 0 Å². The fourth-order valence-electron chi connectivity index (χ4n) is 4.45. The molecule has 3 aromatic carbocycles. The maximum absolute atomic E-state index is 13.7. The Balaban J connectivity index is 1.61. The van der Waals surface area contributed by atoms with Gasteiger partial charge in [-0.05, 0) is 36.8 Å². The molecular formula is C31H28N4O5S. The smallest absolute Gasteiger partial charge is 0.339 e. The average Bonchev–Trinajstić information content (AvgIpc) is 3.00. The number of para-hydroxylation sites is 3. The summed E-state index contributed by atoms with van der Waals surface area (Å²) in [6.07, 6.45) is 0. The van der Waals surface area contributed by atoms with Gasteiger partial charge in [-0.2, -0.15) is 5.26 Å². The number of methoxy groups -OCH3 is 2. The van der Waals surface area contributed by atoms with Crippen molar-refractivity contribution in [1.29, 1.82) is 5.26 Å². The molecule has 0 spiro atoms. The lowest BCUT2D eigenvalue weighted by Gasteiger charge is -2.30. The van der Waals surface area contributed by atoms with Gasteiger partial charge in [-0.15, -0.1) is 0 Å². The first-order valence-corrected chi connectivity index (χ1v) is 13.6. The van der Waals surface area contributed by atoms with Gasteiger partial charge in [-0.25, -0.2) is 4.79 Å². The highest BCUT2D eigenvalue weighted by molar-refractivity contribution is 8.03. The van der Waals surface area contributed by atoms with E-state index in [0.29, 0.717) is 39.0 Å². The van der Waals surface area contributed by atoms with E-state index in [1.54, 1.807) is 55.5 Å². The number of hydrogen-bond acceptors (Lipinski definition) is 8. The lowest BCUT2D eigenvalue weighted by molar-refractivity contribution is -0.114. The minimum atomic E-state index is -0.678. The van der Waals surface area contributed by atoms with Crippen LogP contribution in [-0.4, -0.2) is 37.8 Å². The van der Waals surface area contributed by atoms with Gasteiger partial charge in [0.2, 0.25) is 5.91 Å². The Morgan fingerprint density at radius 3 is 2.27 bits per heavy atom. The van der Waals surface area contributed by atoms with E-state index < -0.39 is 11.9 Å². The fourth-order valence-corrected chi connectivity index (χ4v) is 5.34. The van der Waals surface area contributed by atoms with E-state index in [-0.39, 0.29) is 23.1 Å². The molecule has 10 heteroatoms. The van der Waals surface area contributed by atoms with Crippen molar-refractivity contribution in [1.82, 2.24) is 5.32 Å². The summed E-state index contributed by atoms with van der Waals surface area (Å²) < 4.78 is 10.2. The number of nitriles is 1. The number of carbonyl (C=O) groups excluding carboxylic acids is 3. The Bertz CT molecular complexity index is 1580. The number of anilines is 2. The molecule has 9 nitrogen and oxygen atoms in total. The molecule has 1 unspecified atom stereocenters. The van der Waals surface area contributed by atoms with Gasteiger partial charge in [0.25, 0.3) is 5.91 Å². The molecule has 0 bridgehead atoms. The predicted molar refractivity (Wildman–Crippen MR) is 158 cm³/mol. The van der Waals surface area contributed by atoms with Crippen LogP contribution in [0.4, 0.5) is 11.4 Å². The Hall–Kier alpha value is -5.01. The number of ether oxygens (including phenoxy) is 2. The minimum Gasteiger partial charge on any atom is -0.495 e. The van der Waals surface area contributed by atoms with Gasteiger partial charge in [-0.3, -0.25) is 9.59 Å². The summed E-state index contributed by atoms with van der Waals surface area (Å²) in [6.45, 7) is 1.76. The second-order valence-electron chi connectivity index (χ2n) is 8.89. The van der Waals surface area contributed by atoms with E-state index in [1.165, 1.54) is 14.2 Å². The molecule has 0 aromatic heterocycles. The van der Waals surface area contributed by atoms with Gasteiger partial charge in [-0.1, -0.05) is 66.4 Å². The third-order valence-electron chi connectivity index (χ3n) is 6.33. The van der Waals surface area contributed by atoms with Crippen LogP contribution in [0, 0.1) is 11.3 Å². The fraction of sp³-hybridized carbons (Fsp3) is 0.161. The van der Waals surface area contributed by atoms with Crippen molar-refractivity contribution in [2.24, 2.45) is 0 Å². The van der Waals surface area contributed by atoms with E-state index in [4.69, 9.17) is 9.47 Å². The van der Waals surface area contributed by atoms with Gasteiger partial charge < -0.3 is 25.4 Å². The van der Waals surface area contributed by atoms with Crippen LogP contribution < -0.4 is 20.7 Å². The van der Waals surface area contributed by atoms with Crippen molar-refractivity contribution in [3.05, 3.63) is 112 Å². The Labute approximate surface area is 242 Å². The number of nitrogens with one attached hydrogen (secondary N) is 3. The molecule has 0 saturated carbocycles. The molecule has 208 valence electrons. The molecule has 1 heterocycles. The number of allylic oxidation sites excluding steroid dienone is 2. The van der Waals surface area contributed by atoms with Gasteiger partial charge in [0.15, 0.2) is 0 Å². The Kier molecular flexibility index (Phi) is 9.45. The molecule has 0 fully saturated rings. The summed E-state index contributed by atoms with van der Waals surface area (Å²) in [5.41, 5.74) is 3.03. The molecule has 3 N–H and O–H groups in total. The number of hydrogen-bond donors (Lipinski definition) is 3. The summed E-state index contributed by atoms with van der Waals surface area (Å²) >= 11 is 1.14. The first-order chi connectivity index (χ1) is 19.9. The van der Waals surface area contributed by atoms with Crippen LogP contribution in [-0.2, 0) is 14.3 Å². The highest BCUT2D eigenvalue weighted by Gasteiger charge is 2.35. The molecule has 0 saturated heterocycles. The minimum absolute atomic E-state index is 0.0550. The molecular weight excluding hydrogens is 540 g/mol. The van der Waals surface area contributed by atoms with Crippen LogP contribution in [0.1, 0.15) is 28.8 Å². The summed E-state index contributed by atoms with van der Waals surface area (Å²) in [7, 11) is 2.79. The van der Waals surface area contributed by atoms with E-state index in [2.05, 4.69) is 22.0 Å². The number of dihydropyridines is 1. The molecule has 2 amide bonds. The summed E-state index contributed by atoms with van der Waals surface area (Å²) in [5, 5.41) is 19.6. The largest absolute Gasteiger partial charge is 0.495 e. The monoisotopic (exact) mass is 568 g/mol. The number of esters is 1. The SMILES string of the molecule is COC(=O)c1ccccc1NC(=O)CSC1=C(C#N)C(c2ccccc2)C(C(=O)Nc2ccccc2OC)=C(C)N1. The summed E-state index contributed by atoms with van der Waals surface area (Å²) in [6, 6.07) is 25.1. The maximum Gasteiger partial charge on any atom is 0.339 e. The lowest BCUT2D eigenvalue weighted by atomic mass is 9.82. The predicted octanol–water partition coefficient (Wildman–Crippen LogP) is 5.19. The summed E-state index contributed by atoms with van der Waals surface area (Å²) in [5.74, 6) is -1.56. The van der Waals surface area contributed by atoms with Gasteiger partial charge in [0.05, 0.1) is 59.5 Å². The van der Waals surface area contributed by atoms with Crippen LogP contribution >= 0.6 is 11.8 Å². The average molecular weight is 569 g/mol. The zero-order chi connectivity index (χ0) is 29.4. The first-order valence-electron chi connectivity index (χ1n) is 12.6. The van der Waals surface area contributed by atoms with Crippen LogP contribution in [0.5, 0.6) is 5.75 Å². The quantitative estimate of drug-likeness (QED) is 0.301. The molecule has 4 rings (SSSR count). The molecule has 3 aromatic rings. The van der Waals surface area contributed by atoms with Crippen molar-refractivity contribution in [2.45, 2.75) is 12.8 Å². The van der Waals surface area contributed by atoms with E-state index in [0.717, 1.165) is 17.3 Å². The standard InChI is InChI=1S/C31H28N4O5S/c1-19-27(29(37)35-24-15-9-10-16-25(24)39-2)28(20-11-5-4-6-12-20)22(17-32)30(33-19)41-18-26(36)34-23-14-8-7-13-21(23)31(38)40-3/h4-16,28,33H,18H2,1-3H3,(H,34,36)(H,35,37).